The van der Waals surface area contributed by atoms with Gasteiger partial charge >= 0.3 is 0 Å². The lowest BCUT2D eigenvalue weighted by Gasteiger charge is -2.13. The molecule has 0 fully saturated rings. The number of fused-ring (bicyclic) bond motifs is 3. The Bertz CT molecular complexity index is 890. The van der Waals surface area contributed by atoms with Crippen LogP contribution in [0.5, 0.6) is 5.75 Å². The minimum absolute atomic E-state index is 0.745. The molecule has 0 bridgehead atoms. The van der Waals surface area contributed by atoms with E-state index in [1.54, 1.807) is 18.9 Å². The highest BCUT2D eigenvalue weighted by Gasteiger charge is 2.21. The molecule has 4 nitrogen and oxygen atoms in total. The minimum atomic E-state index is 0.745. The average molecular weight is 372 g/mol. The van der Waals surface area contributed by atoms with Crippen molar-refractivity contribution in [3.63, 3.8) is 0 Å². The van der Waals surface area contributed by atoms with Crippen molar-refractivity contribution in [2.45, 2.75) is 37.4 Å². The van der Waals surface area contributed by atoms with Crippen LogP contribution in [-0.4, -0.2) is 23.3 Å². The van der Waals surface area contributed by atoms with Crippen LogP contribution in [0.2, 0.25) is 0 Å². The van der Waals surface area contributed by atoms with Gasteiger partial charge in [0.25, 0.3) is 0 Å². The zero-order valence-corrected chi connectivity index (χ0v) is 16.1. The highest BCUT2D eigenvalue weighted by molar-refractivity contribution is 7.98. The molecule has 1 N–H and O–H groups in total. The van der Waals surface area contributed by atoms with E-state index in [2.05, 4.69) is 17.4 Å². The number of thioether (sulfide) groups is 1. The Labute approximate surface area is 156 Å². The fourth-order valence-electron chi connectivity index (χ4n) is 3.29. The van der Waals surface area contributed by atoms with Crippen LogP contribution < -0.4 is 10.1 Å². The van der Waals surface area contributed by atoms with Gasteiger partial charge in [-0.25, -0.2) is 9.97 Å². The highest BCUT2D eigenvalue weighted by atomic mass is 32.2. The van der Waals surface area contributed by atoms with Crippen molar-refractivity contribution < 1.29 is 4.74 Å². The maximum Gasteiger partial charge on any atom is 0.190 e. The van der Waals surface area contributed by atoms with Gasteiger partial charge in [0, 0.05) is 11.4 Å². The number of ether oxygens (including phenoxy) is 1. The summed E-state index contributed by atoms with van der Waals surface area (Å²) in [4.78, 5) is 12.2. The molecule has 6 heteroatoms. The van der Waals surface area contributed by atoms with E-state index in [9.17, 15) is 0 Å². The molecule has 0 amide bonds. The van der Waals surface area contributed by atoms with E-state index in [1.807, 2.05) is 29.7 Å². The SMILES string of the molecule is COc1ccc(CNc2nc(SC)nc3sc4c(c23)CCCC4)cc1. The number of aromatic nitrogens is 2. The predicted octanol–water partition coefficient (Wildman–Crippen LogP) is 4.91. The summed E-state index contributed by atoms with van der Waals surface area (Å²) in [7, 11) is 1.69. The third-order valence-electron chi connectivity index (χ3n) is 4.60. The highest BCUT2D eigenvalue weighted by Crippen LogP contribution is 2.39. The van der Waals surface area contributed by atoms with Crippen molar-refractivity contribution in [1.82, 2.24) is 9.97 Å². The molecular formula is C19H21N3OS2. The number of nitrogens with zero attached hydrogens (tertiary/aromatic N) is 2. The standard InChI is InChI=1S/C19H21N3OS2/c1-23-13-9-7-12(8-10-13)11-20-17-16-14-5-3-4-6-15(14)25-18(16)22-19(21-17)24-2/h7-10H,3-6,11H2,1-2H3,(H,20,21,22). The van der Waals surface area contributed by atoms with Crippen LogP contribution in [-0.2, 0) is 19.4 Å². The van der Waals surface area contributed by atoms with E-state index in [4.69, 9.17) is 14.7 Å². The number of hydrogen-bond donors (Lipinski definition) is 1. The van der Waals surface area contributed by atoms with Gasteiger partial charge in [0.1, 0.15) is 16.4 Å². The average Bonchev–Trinajstić information content (AvgIpc) is 3.05. The summed E-state index contributed by atoms with van der Waals surface area (Å²) in [6.07, 6.45) is 6.91. The Morgan fingerprint density at radius 3 is 2.72 bits per heavy atom. The van der Waals surface area contributed by atoms with Gasteiger partial charge in [0.15, 0.2) is 5.16 Å². The number of anilines is 1. The topological polar surface area (TPSA) is 47.0 Å². The molecule has 4 rings (SSSR count). The maximum atomic E-state index is 5.23. The van der Waals surface area contributed by atoms with Gasteiger partial charge in [0.05, 0.1) is 12.5 Å². The molecule has 25 heavy (non-hydrogen) atoms. The number of hydrogen-bond acceptors (Lipinski definition) is 6. The molecule has 0 spiro atoms. The third-order valence-corrected chi connectivity index (χ3v) is 6.33. The Morgan fingerprint density at radius 2 is 1.96 bits per heavy atom. The molecule has 0 saturated carbocycles. The number of nitrogens with one attached hydrogen (secondary N) is 1. The first kappa shape index (κ1) is 16.7. The van der Waals surface area contributed by atoms with Crippen molar-refractivity contribution >= 4 is 39.1 Å². The predicted molar refractivity (Wildman–Crippen MR) is 106 cm³/mol. The molecule has 0 unspecified atom stereocenters. The molecule has 3 aromatic rings. The Morgan fingerprint density at radius 1 is 1.16 bits per heavy atom. The number of benzene rings is 1. The second kappa shape index (κ2) is 7.22. The molecule has 0 saturated heterocycles. The lowest BCUT2D eigenvalue weighted by atomic mass is 9.97. The number of rotatable bonds is 5. The van der Waals surface area contributed by atoms with E-state index in [1.165, 1.54) is 40.7 Å². The lowest BCUT2D eigenvalue weighted by Crippen LogP contribution is -2.05. The van der Waals surface area contributed by atoms with Crippen LogP contribution in [0.3, 0.4) is 0 Å². The summed E-state index contributed by atoms with van der Waals surface area (Å²) in [6.45, 7) is 0.745. The van der Waals surface area contributed by atoms with Crippen LogP contribution in [0, 0.1) is 0 Å². The summed E-state index contributed by atoms with van der Waals surface area (Å²) in [6, 6.07) is 8.16. The van der Waals surface area contributed by atoms with Crippen molar-refractivity contribution in [3.05, 3.63) is 40.3 Å². The first-order valence-electron chi connectivity index (χ1n) is 8.51. The summed E-state index contributed by atoms with van der Waals surface area (Å²) in [5.74, 6) is 1.86. The van der Waals surface area contributed by atoms with Crippen molar-refractivity contribution in [3.8, 4) is 5.75 Å². The van der Waals surface area contributed by atoms with Crippen LogP contribution >= 0.6 is 23.1 Å². The summed E-state index contributed by atoms with van der Waals surface area (Å²) in [5, 5.41) is 5.63. The first-order valence-corrected chi connectivity index (χ1v) is 10.6. The molecule has 1 aliphatic carbocycles. The van der Waals surface area contributed by atoms with E-state index in [0.29, 0.717) is 0 Å². The van der Waals surface area contributed by atoms with Gasteiger partial charge in [-0.1, -0.05) is 23.9 Å². The van der Waals surface area contributed by atoms with Gasteiger partial charge < -0.3 is 10.1 Å². The number of aryl methyl sites for hydroxylation is 2. The van der Waals surface area contributed by atoms with E-state index in [-0.39, 0.29) is 0 Å². The number of methoxy groups -OCH3 is 1. The van der Waals surface area contributed by atoms with Crippen LogP contribution in [0.4, 0.5) is 5.82 Å². The quantitative estimate of drug-likeness (QED) is 0.510. The largest absolute Gasteiger partial charge is 0.497 e. The second-order valence-corrected chi connectivity index (χ2v) is 8.01. The molecule has 0 radical (unpaired) electrons. The molecule has 0 atom stereocenters. The lowest BCUT2D eigenvalue weighted by molar-refractivity contribution is 0.414. The zero-order valence-electron chi connectivity index (χ0n) is 14.5. The molecule has 130 valence electrons. The molecule has 2 aromatic heterocycles. The van der Waals surface area contributed by atoms with Crippen molar-refractivity contribution in [2.24, 2.45) is 0 Å². The van der Waals surface area contributed by atoms with Crippen LogP contribution in [0.15, 0.2) is 29.4 Å². The summed E-state index contributed by atoms with van der Waals surface area (Å²) >= 11 is 3.45. The van der Waals surface area contributed by atoms with Gasteiger partial charge in [-0.05, 0) is 55.2 Å². The molecule has 1 aliphatic rings. The molecule has 1 aromatic carbocycles. The number of thiophene rings is 1. The van der Waals surface area contributed by atoms with Gasteiger partial charge in [-0.3, -0.25) is 0 Å². The van der Waals surface area contributed by atoms with Gasteiger partial charge in [-0.15, -0.1) is 11.3 Å². The van der Waals surface area contributed by atoms with E-state index < -0.39 is 0 Å². The minimum Gasteiger partial charge on any atom is -0.497 e. The summed E-state index contributed by atoms with van der Waals surface area (Å²) in [5.41, 5.74) is 2.68. The van der Waals surface area contributed by atoms with Gasteiger partial charge in [0.2, 0.25) is 0 Å². The monoisotopic (exact) mass is 371 g/mol. The van der Waals surface area contributed by atoms with E-state index >= 15 is 0 Å². The van der Waals surface area contributed by atoms with Gasteiger partial charge in [-0.2, -0.15) is 0 Å². The normalized spacial score (nSPS) is 13.7. The summed E-state index contributed by atoms with van der Waals surface area (Å²) < 4.78 is 5.23. The molecule has 0 aliphatic heterocycles. The third kappa shape index (κ3) is 3.33. The van der Waals surface area contributed by atoms with E-state index in [0.717, 1.165) is 34.5 Å². The maximum absolute atomic E-state index is 5.23. The van der Waals surface area contributed by atoms with Crippen molar-refractivity contribution in [2.75, 3.05) is 18.7 Å². The Kier molecular flexibility index (Phi) is 4.81. The fraction of sp³-hybridized carbons (Fsp3) is 0.368. The Hall–Kier alpha value is -1.79. The zero-order chi connectivity index (χ0) is 17.2. The fourth-order valence-corrected chi connectivity index (χ4v) is 4.97. The molecular weight excluding hydrogens is 350 g/mol. The smallest absolute Gasteiger partial charge is 0.190 e. The van der Waals surface area contributed by atoms with Crippen LogP contribution in [0.25, 0.3) is 10.2 Å². The second-order valence-electron chi connectivity index (χ2n) is 6.15. The van der Waals surface area contributed by atoms with Crippen molar-refractivity contribution in [1.29, 1.82) is 0 Å². The van der Waals surface area contributed by atoms with Crippen LogP contribution in [0.1, 0.15) is 28.8 Å². The molecule has 2 heterocycles. The first-order chi connectivity index (χ1) is 12.3. The Balaban J connectivity index is 1.68.